The molecule has 5 heteroatoms. The number of benzene rings is 1. The van der Waals surface area contributed by atoms with Crippen LogP contribution in [0.3, 0.4) is 0 Å². The number of rotatable bonds is 6. The molecule has 0 fully saturated rings. The average Bonchev–Trinajstić information content (AvgIpc) is 2.44. The summed E-state index contributed by atoms with van der Waals surface area (Å²) in [5, 5.41) is 11.7. The van der Waals surface area contributed by atoms with Crippen molar-refractivity contribution in [2.75, 3.05) is 13.7 Å². The van der Waals surface area contributed by atoms with Gasteiger partial charge in [-0.05, 0) is 25.5 Å². The lowest BCUT2D eigenvalue weighted by molar-refractivity contribution is -0.123. The van der Waals surface area contributed by atoms with Crippen molar-refractivity contribution < 1.29 is 14.3 Å². The third kappa shape index (κ3) is 4.88. The van der Waals surface area contributed by atoms with E-state index >= 15 is 0 Å². The van der Waals surface area contributed by atoms with Crippen LogP contribution in [0.25, 0.3) is 0 Å². The Kier molecular flexibility index (Phi) is 5.68. The molecule has 5 nitrogen and oxygen atoms in total. The van der Waals surface area contributed by atoms with Crippen molar-refractivity contribution in [2.45, 2.75) is 26.3 Å². The second-order valence-electron chi connectivity index (χ2n) is 4.17. The highest BCUT2D eigenvalue weighted by molar-refractivity contribution is 5.77. The molecule has 1 aromatic carbocycles. The number of nitrogens with one attached hydrogen (secondary N) is 1. The predicted octanol–water partition coefficient (Wildman–Crippen LogP) is 1.86. The molecule has 0 spiro atoms. The monoisotopic (exact) mass is 262 g/mol. The predicted molar refractivity (Wildman–Crippen MR) is 71.1 cm³/mol. The van der Waals surface area contributed by atoms with Crippen LogP contribution in [0.4, 0.5) is 0 Å². The first-order valence-corrected chi connectivity index (χ1v) is 6.10. The zero-order valence-corrected chi connectivity index (χ0v) is 11.4. The van der Waals surface area contributed by atoms with E-state index in [0.29, 0.717) is 17.1 Å². The first kappa shape index (κ1) is 14.8. The maximum atomic E-state index is 11.6. The molecular weight excluding hydrogens is 244 g/mol. The van der Waals surface area contributed by atoms with Gasteiger partial charge in [-0.2, -0.15) is 5.26 Å². The van der Waals surface area contributed by atoms with Gasteiger partial charge in [-0.25, -0.2) is 0 Å². The van der Waals surface area contributed by atoms with E-state index in [9.17, 15) is 4.79 Å². The summed E-state index contributed by atoms with van der Waals surface area (Å²) in [6, 6.07) is 6.94. The van der Waals surface area contributed by atoms with Crippen LogP contribution in [-0.2, 0) is 4.79 Å². The Bertz CT molecular complexity index is 480. The SMILES string of the molecule is CCC(C)NC(=O)COc1cc(C#N)cc(OC)c1. The van der Waals surface area contributed by atoms with E-state index in [2.05, 4.69) is 5.32 Å². The third-order valence-corrected chi connectivity index (χ3v) is 2.63. The lowest BCUT2D eigenvalue weighted by Crippen LogP contribution is -2.35. The topological polar surface area (TPSA) is 71.3 Å². The first-order valence-electron chi connectivity index (χ1n) is 6.10. The Labute approximate surface area is 113 Å². The van der Waals surface area contributed by atoms with E-state index < -0.39 is 0 Å². The molecule has 0 bridgehead atoms. The number of carbonyl (C=O) groups is 1. The molecule has 0 heterocycles. The van der Waals surface area contributed by atoms with Crippen molar-refractivity contribution in [3.05, 3.63) is 23.8 Å². The van der Waals surface area contributed by atoms with E-state index in [0.717, 1.165) is 6.42 Å². The van der Waals surface area contributed by atoms with Crippen molar-refractivity contribution in [1.82, 2.24) is 5.32 Å². The van der Waals surface area contributed by atoms with Crippen molar-refractivity contribution in [3.8, 4) is 17.6 Å². The Morgan fingerprint density at radius 3 is 2.68 bits per heavy atom. The minimum atomic E-state index is -0.185. The van der Waals surface area contributed by atoms with Gasteiger partial charge >= 0.3 is 0 Å². The molecule has 0 saturated heterocycles. The fraction of sp³-hybridized carbons (Fsp3) is 0.429. The Morgan fingerprint density at radius 2 is 2.11 bits per heavy atom. The molecule has 0 aliphatic heterocycles. The fourth-order valence-corrected chi connectivity index (χ4v) is 1.40. The number of ether oxygens (including phenoxy) is 2. The number of nitrogens with zero attached hydrogens (tertiary/aromatic N) is 1. The van der Waals surface area contributed by atoms with Gasteiger partial charge in [-0.3, -0.25) is 4.79 Å². The van der Waals surface area contributed by atoms with Crippen LogP contribution in [0.15, 0.2) is 18.2 Å². The van der Waals surface area contributed by atoms with Crippen LogP contribution in [-0.4, -0.2) is 25.7 Å². The van der Waals surface area contributed by atoms with Crippen molar-refractivity contribution in [3.63, 3.8) is 0 Å². The van der Waals surface area contributed by atoms with Crippen LogP contribution in [0.1, 0.15) is 25.8 Å². The molecule has 1 amide bonds. The second kappa shape index (κ2) is 7.27. The van der Waals surface area contributed by atoms with E-state index in [1.165, 1.54) is 7.11 Å². The van der Waals surface area contributed by atoms with Gasteiger partial charge < -0.3 is 14.8 Å². The normalized spacial score (nSPS) is 11.3. The van der Waals surface area contributed by atoms with Gasteiger partial charge in [0.2, 0.25) is 0 Å². The maximum Gasteiger partial charge on any atom is 0.258 e. The summed E-state index contributed by atoms with van der Waals surface area (Å²) in [4.78, 5) is 11.6. The molecule has 0 radical (unpaired) electrons. The number of hydrogen-bond donors (Lipinski definition) is 1. The van der Waals surface area contributed by atoms with E-state index in [1.54, 1.807) is 18.2 Å². The molecule has 0 aliphatic carbocycles. The minimum Gasteiger partial charge on any atom is -0.497 e. The second-order valence-corrected chi connectivity index (χ2v) is 4.17. The van der Waals surface area contributed by atoms with Gasteiger partial charge in [0.15, 0.2) is 6.61 Å². The molecule has 1 rings (SSSR count). The van der Waals surface area contributed by atoms with E-state index in [-0.39, 0.29) is 18.6 Å². The van der Waals surface area contributed by atoms with Crippen LogP contribution in [0, 0.1) is 11.3 Å². The smallest absolute Gasteiger partial charge is 0.258 e. The molecule has 1 N–H and O–H groups in total. The number of hydrogen-bond acceptors (Lipinski definition) is 4. The quantitative estimate of drug-likeness (QED) is 0.849. The molecule has 19 heavy (non-hydrogen) atoms. The van der Waals surface area contributed by atoms with Gasteiger partial charge in [-0.15, -0.1) is 0 Å². The van der Waals surface area contributed by atoms with Crippen molar-refractivity contribution in [2.24, 2.45) is 0 Å². The van der Waals surface area contributed by atoms with E-state index in [1.807, 2.05) is 19.9 Å². The number of methoxy groups -OCH3 is 1. The summed E-state index contributed by atoms with van der Waals surface area (Å²) in [6.45, 7) is 3.84. The summed E-state index contributed by atoms with van der Waals surface area (Å²) in [6.07, 6.45) is 0.865. The summed E-state index contributed by atoms with van der Waals surface area (Å²) in [5.74, 6) is 0.780. The van der Waals surface area contributed by atoms with Crippen LogP contribution >= 0.6 is 0 Å². The number of amides is 1. The summed E-state index contributed by atoms with van der Waals surface area (Å²) in [5.41, 5.74) is 0.427. The Balaban J connectivity index is 2.62. The highest BCUT2D eigenvalue weighted by atomic mass is 16.5. The van der Waals surface area contributed by atoms with Gasteiger partial charge in [0.1, 0.15) is 11.5 Å². The van der Waals surface area contributed by atoms with Crippen molar-refractivity contribution in [1.29, 1.82) is 5.26 Å². The van der Waals surface area contributed by atoms with Gasteiger partial charge in [0.05, 0.1) is 18.7 Å². The summed E-state index contributed by atoms with van der Waals surface area (Å²) < 4.78 is 10.4. The van der Waals surface area contributed by atoms with Gasteiger partial charge in [0.25, 0.3) is 5.91 Å². The van der Waals surface area contributed by atoms with Gasteiger partial charge in [0, 0.05) is 12.1 Å². The molecule has 102 valence electrons. The highest BCUT2D eigenvalue weighted by Gasteiger charge is 2.08. The lowest BCUT2D eigenvalue weighted by atomic mass is 10.2. The van der Waals surface area contributed by atoms with Crippen molar-refractivity contribution >= 4 is 5.91 Å². The molecule has 1 atom stereocenters. The Hall–Kier alpha value is -2.22. The average molecular weight is 262 g/mol. The molecule has 1 aromatic rings. The molecular formula is C14H18N2O3. The maximum absolute atomic E-state index is 11.6. The first-order chi connectivity index (χ1) is 9.08. The summed E-state index contributed by atoms with van der Waals surface area (Å²) in [7, 11) is 1.51. The lowest BCUT2D eigenvalue weighted by Gasteiger charge is -2.12. The largest absolute Gasteiger partial charge is 0.497 e. The standard InChI is InChI=1S/C14H18N2O3/c1-4-10(2)16-14(17)9-19-13-6-11(8-15)5-12(7-13)18-3/h5-7,10H,4,9H2,1-3H3,(H,16,17). The van der Waals surface area contributed by atoms with E-state index in [4.69, 9.17) is 14.7 Å². The zero-order chi connectivity index (χ0) is 14.3. The summed E-state index contributed by atoms with van der Waals surface area (Å²) >= 11 is 0. The fourth-order valence-electron chi connectivity index (χ4n) is 1.40. The zero-order valence-electron chi connectivity index (χ0n) is 11.4. The van der Waals surface area contributed by atoms with Gasteiger partial charge in [-0.1, -0.05) is 6.92 Å². The van der Waals surface area contributed by atoms with Crippen LogP contribution in [0.5, 0.6) is 11.5 Å². The molecule has 0 saturated carbocycles. The molecule has 1 unspecified atom stereocenters. The minimum absolute atomic E-state index is 0.0810. The number of nitriles is 1. The number of carbonyl (C=O) groups excluding carboxylic acids is 1. The molecule has 0 aliphatic rings. The molecule has 0 aromatic heterocycles. The highest BCUT2D eigenvalue weighted by Crippen LogP contribution is 2.22. The van der Waals surface area contributed by atoms with Crippen LogP contribution in [0.2, 0.25) is 0 Å². The van der Waals surface area contributed by atoms with Crippen LogP contribution < -0.4 is 14.8 Å². The Morgan fingerprint density at radius 1 is 1.42 bits per heavy atom. The third-order valence-electron chi connectivity index (χ3n) is 2.63.